The van der Waals surface area contributed by atoms with Gasteiger partial charge in [0.15, 0.2) is 10.9 Å². The maximum atomic E-state index is 13.9. The first kappa shape index (κ1) is 20.6. The Hall–Kier alpha value is -4.61. The fourth-order valence-electron chi connectivity index (χ4n) is 5.72. The maximum Gasteiger partial charge on any atom is 0.197 e. The predicted octanol–water partition coefficient (Wildman–Crippen LogP) is 7.49. The molecule has 1 aliphatic heterocycles. The largest absolute Gasteiger partial charge is 0.308 e. The normalized spacial score (nSPS) is 12.9. The molecule has 3 heterocycles. The molecule has 5 aromatic carbocycles. The van der Waals surface area contributed by atoms with Crippen molar-refractivity contribution in [3.8, 4) is 0 Å². The minimum atomic E-state index is -0.0520. The third-order valence-electron chi connectivity index (χ3n) is 7.29. The average Bonchev–Trinajstić information content (AvgIpc) is 2.96. The molecule has 37 heavy (non-hydrogen) atoms. The lowest BCUT2D eigenvalue weighted by Crippen LogP contribution is -2.18. The Bertz CT molecular complexity index is 2150. The molecule has 4 nitrogen and oxygen atoms in total. The van der Waals surface area contributed by atoms with Crippen molar-refractivity contribution in [2.45, 2.75) is 9.79 Å². The molecule has 5 heteroatoms. The van der Waals surface area contributed by atoms with Gasteiger partial charge in [-0.1, -0.05) is 60.3 Å². The minimum absolute atomic E-state index is 0.0475. The van der Waals surface area contributed by atoms with E-state index in [1.807, 2.05) is 72.8 Å². The molecule has 8 rings (SSSR count). The summed E-state index contributed by atoms with van der Waals surface area (Å²) in [4.78, 5) is 31.8. The first-order chi connectivity index (χ1) is 18.2. The van der Waals surface area contributed by atoms with E-state index in [0.717, 1.165) is 37.9 Å². The zero-order valence-corrected chi connectivity index (χ0v) is 20.3. The lowest BCUT2D eigenvalue weighted by molar-refractivity contribution is 1.16. The quantitative estimate of drug-likeness (QED) is 0.175. The summed E-state index contributed by atoms with van der Waals surface area (Å²) in [5.41, 5.74) is 5.39. The van der Waals surface area contributed by atoms with Gasteiger partial charge in [0.25, 0.3) is 0 Å². The maximum absolute atomic E-state index is 13.9. The Balaban J connectivity index is 1.64. The van der Waals surface area contributed by atoms with Crippen LogP contribution in [0.3, 0.4) is 0 Å². The highest BCUT2D eigenvalue weighted by molar-refractivity contribution is 8.00. The first-order valence-corrected chi connectivity index (χ1v) is 12.9. The summed E-state index contributed by atoms with van der Waals surface area (Å²) >= 11 is 1.68. The minimum Gasteiger partial charge on any atom is -0.308 e. The van der Waals surface area contributed by atoms with Gasteiger partial charge in [-0.3, -0.25) is 9.59 Å². The smallest absolute Gasteiger partial charge is 0.197 e. The SMILES string of the molecule is O=c1c2ccccc2n2c3c4c(ccc3c(=O)c3cccc1c32)N(c1ccccc1)c1ccccc1S4. The number of anilines is 3. The van der Waals surface area contributed by atoms with Crippen LogP contribution in [-0.4, -0.2) is 4.40 Å². The summed E-state index contributed by atoms with van der Waals surface area (Å²) in [6, 6.07) is 35.8. The van der Waals surface area contributed by atoms with E-state index >= 15 is 0 Å². The molecule has 0 atom stereocenters. The van der Waals surface area contributed by atoms with Crippen LogP contribution in [0.15, 0.2) is 129 Å². The van der Waals surface area contributed by atoms with Gasteiger partial charge in [-0.05, 0) is 60.7 Å². The molecule has 0 saturated heterocycles. The van der Waals surface area contributed by atoms with E-state index in [-0.39, 0.29) is 10.9 Å². The van der Waals surface area contributed by atoms with Gasteiger partial charge in [-0.25, -0.2) is 0 Å². The van der Waals surface area contributed by atoms with Crippen molar-refractivity contribution in [1.29, 1.82) is 0 Å². The van der Waals surface area contributed by atoms with Crippen molar-refractivity contribution >= 4 is 66.9 Å². The van der Waals surface area contributed by atoms with Crippen molar-refractivity contribution in [3.05, 3.63) is 130 Å². The monoisotopic (exact) mass is 494 g/mol. The van der Waals surface area contributed by atoms with Crippen LogP contribution in [0, 0.1) is 0 Å². The van der Waals surface area contributed by atoms with Crippen molar-refractivity contribution < 1.29 is 0 Å². The van der Waals surface area contributed by atoms with Crippen molar-refractivity contribution in [2.75, 3.05) is 4.90 Å². The van der Waals surface area contributed by atoms with Crippen LogP contribution < -0.4 is 15.8 Å². The van der Waals surface area contributed by atoms with Gasteiger partial charge in [0.05, 0.1) is 32.8 Å². The van der Waals surface area contributed by atoms with Gasteiger partial charge in [0.1, 0.15) is 0 Å². The van der Waals surface area contributed by atoms with Crippen LogP contribution in [0.2, 0.25) is 0 Å². The molecule has 0 aliphatic carbocycles. The van der Waals surface area contributed by atoms with Gasteiger partial charge in [-0.15, -0.1) is 0 Å². The topological polar surface area (TPSA) is 41.8 Å². The third-order valence-corrected chi connectivity index (χ3v) is 8.46. The van der Waals surface area contributed by atoms with Gasteiger partial charge in [0, 0.05) is 32.1 Å². The molecule has 1 aliphatic rings. The van der Waals surface area contributed by atoms with Crippen molar-refractivity contribution in [1.82, 2.24) is 4.40 Å². The highest BCUT2D eigenvalue weighted by Gasteiger charge is 2.28. The average molecular weight is 495 g/mol. The molecular formula is C32H18N2O2S. The van der Waals surface area contributed by atoms with E-state index in [9.17, 15) is 9.59 Å². The van der Waals surface area contributed by atoms with E-state index < -0.39 is 0 Å². The van der Waals surface area contributed by atoms with E-state index in [1.54, 1.807) is 11.8 Å². The Morgan fingerprint density at radius 3 is 2.00 bits per heavy atom. The number of hydrogen-bond donors (Lipinski definition) is 0. The van der Waals surface area contributed by atoms with Crippen molar-refractivity contribution in [3.63, 3.8) is 0 Å². The number of para-hydroxylation sites is 4. The van der Waals surface area contributed by atoms with E-state index in [0.29, 0.717) is 27.1 Å². The second-order valence-electron chi connectivity index (χ2n) is 9.26. The van der Waals surface area contributed by atoms with Crippen LogP contribution in [-0.2, 0) is 0 Å². The number of hydrogen-bond acceptors (Lipinski definition) is 4. The molecule has 0 radical (unpaired) electrons. The molecular weight excluding hydrogens is 476 g/mol. The third kappa shape index (κ3) is 2.69. The van der Waals surface area contributed by atoms with Crippen molar-refractivity contribution in [2.24, 2.45) is 0 Å². The molecule has 0 amide bonds. The fourth-order valence-corrected chi connectivity index (χ4v) is 6.91. The van der Waals surface area contributed by atoms with Crippen LogP contribution in [0.25, 0.3) is 38.1 Å². The van der Waals surface area contributed by atoms with Crippen LogP contribution in [0.5, 0.6) is 0 Å². The molecule has 0 bridgehead atoms. The predicted molar refractivity (Wildman–Crippen MR) is 152 cm³/mol. The number of pyridine rings is 2. The lowest BCUT2D eigenvalue weighted by Gasteiger charge is -2.33. The summed E-state index contributed by atoms with van der Waals surface area (Å²) in [6.45, 7) is 0. The Kier molecular flexibility index (Phi) is 4.14. The van der Waals surface area contributed by atoms with Gasteiger partial charge < -0.3 is 9.30 Å². The molecule has 0 fully saturated rings. The Labute approximate surface area is 215 Å². The second kappa shape index (κ2) is 7.45. The van der Waals surface area contributed by atoms with Crippen LogP contribution >= 0.6 is 11.8 Å². The molecule has 0 saturated carbocycles. The first-order valence-electron chi connectivity index (χ1n) is 12.1. The summed E-state index contributed by atoms with van der Waals surface area (Å²) in [6.07, 6.45) is 0. The summed E-state index contributed by atoms with van der Waals surface area (Å²) in [7, 11) is 0. The molecule has 174 valence electrons. The Morgan fingerprint density at radius 1 is 0.514 bits per heavy atom. The molecule has 0 spiro atoms. The van der Waals surface area contributed by atoms with E-state index in [4.69, 9.17) is 0 Å². The fraction of sp³-hybridized carbons (Fsp3) is 0. The number of nitrogens with zero attached hydrogens (tertiary/aromatic N) is 2. The summed E-state index contributed by atoms with van der Waals surface area (Å²) in [5.74, 6) is 0. The van der Waals surface area contributed by atoms with Crippen LogP contribution in [0.1, 0.15) is 0 Å². The van der Waals surface area contributed by atoms with Gasteiger partial charge in [0.2, 0.25) is 0 Å². The highest BCUT2D eigenvalue weighted by atomic mass is 32.2. The molecule has 0 N–H and O–H groups in total. The van der Waals surface area contributed by atoms with E-state index in [1.165, 1.54) is 0 Å². The lowest BCUT2D eigenvalue weighted by atomic mass is 10.0. The molecule has 7 aromatic rings. The number of benzene rings is 5. The van der Waals surface area contributed by atoms with Gasteiger partial charge in [-0.2, -0.15) is 0 Å². The number of rotatable bonds is 1. The van der Waals surface area contributed by atoms with E-state index in [2.05, 4.69) is 45.7 Å². The summed E-state index contributed by atoms with van der Waals surface area (Å²) in [5, 5.41) is 2.42. The number of aromatic nitrogens is 1. The summed E-state index contributed by atoms with van der Waals surface area (Å²) < 4.78 is 2.14. The molecule has 0 unspecified atom stereocenters. The second-order valence-corrected chi connectivity index (χ2v) is 10.3. The molecule has 2 aromatic heterocycles. The van der Waals surface area contributed by atoms with Gasteiger partial charge >= 0.3 is 0 Å². The zero-order valence-electron chi connectivity index (χ0n) is 19.5. The Morgan fingerprint density at radius 2 is 1.16 bits per heavy atom. The number of fused-ring (bicyclic) bond motifs is 7. The van der Waals surface area contributed by atoms with Crippen LogP contribution in [0.4, 0.5) is 17.1 Å². The highest BCUT2D eigenvalue weighted by Crippen LogP contribution is 2.53. The zero-order chi connectivity index (χ0) is 24.7. The standard InChI is InChI=1S/C32H18N2O2S/c35-30-20-11-4-5-14-24(20)34-28-21(30)12-8-13-22(28)31(36)23-17-18-26-32(29(23)34)37-27-16-7-6-15-25(27)33(26)19-9-2-1-3-10-19/h1-18H.